The highest BCUT2D eigenvalue weighted by molar-refractivity contribution is 8.11. The van der Waals surface area contributed by atoms with Crippen molar-refractivity contribution in [3.05, 3.63) is 76.3 Å². The zero-order valence-corrected chi connectivity index (χ0v) is 17.2. The van der Waals surface area contributed by atoms with Gasteiger partial charge in [0.2, 0.25) is 0 Å². The van der Waals surface area contributed by atoms with Gasteiger partial charge in [0.25, 0.3) is 10.0 Å². The van der Waals surface area contributed by atoms with E-state index in [0.29, 0.717) is 5.57 Å². The third-order valence-electron chi connectivity index (χ3n) is 5.08. The Balaban J connectivity index is 1.82. The summed E-state index contributed by atoms with van der Waals surface area (Å²) in [5, 5.41) is 10.7. The number of aryl methyl sites for hydroxylation is 1. The van der Waals surface area contributed by atoms with Crippen molar-refractivity contribution in [1.82, 2.24) is 8.61 Å². The monoisotopic (exact) mass is 411 g/mol. The van der Waals surface area contributed by atoms with Crippen LogP contribution in [-0.2, 0) is 10.0 Å². The molecular formula is C21H21N3O2S2. The summed E-state index contributed by atoms with van der Waals surface area (Å²) in [6, 6.07) is 17.9. The standard InChI is InChI=1S/C21H21N3O2S2/c1-16-9-11-18(12-10-16)28(25,26)24-20(17-7-3-2-4-8-17)19(15-22)21(27-24)23-13-5-6-14-23/h2-4,7-12,20H,5-6,13-14H2,1H3. The van der Waals surface area contributed by atoms with Crippen molar-refractivity contribution in [2.75, 3.05) is 13.1 Å². The van der Waals surface area contributed by atoms with Crippen LogP contribution in [-0.4, -0.2) is 30.1 Å². The van der Waals surface area contributed by atoms with Crippen molar-refractivity contribution in [3.63, 3.8) is 0 Å². The van der Waals surface area contributed by atoms with Gasteiger partial charge in [-0.2, -0.15) is 5.26 Å². The van der Waals surface area contributed by atoms with Gasteiger partial charge in [-0.3, -0.25) is 0 Å². The van der Waals surface area contributed by atoms with Crippen LogP contribution in [0.1, 0.15) is 30.0 Å². The summed E-state index contributed by atoms with van der Waals surface area (Å²) in [5.74, 6) is 0. The van der Waals surface area contributed by atoms with Crippen LogP contribution in [0.3, 0.4) is 0 Å². The van der Waals surface area contributed by atoms with Gasteiger partial charge in [0.05, 0.1) is 22.6 Å². The Labute approximate surface area is 170 Å². The van der Waals surface area contributed by atoms with E-state index in [0.717, 1.165) is 42.1 Å². The Hall–Kier alpha value is -2.27. The molecular weight excluding hydrogens is 390 g/mol. The smallest absolute Gasteiger partial charge is 0.253 e. The number of benzene rings is 2. The highest BCUT2D eigenvalue weighted by Crippen LogP contribution is 2.50. The van der Waals surface area contributed by atoms with Crippen molar-refractivity contribution in [2.45, 2.75) is 30.7 Å². The molecule has 0 N–H and O–H groups in total. The van der Waals surface area contributed by atoms with E-state index in [1.165, 1.54) is 15.7 Å². The van der Waals surface area contributed by atoms with Gasteiger partial charge in [-0.15, -0.1) is 3.71 Å². The van der Waals surface area contributed by atoms with Crippen LogP contribution in [0, 0.1) is 18.3 Å². The lowest BCUT2D eigenvalue weighted by Crippen LogP contribution is -2.27. The SMILES string of the molecule is Cc1ccc(S(=O)(=O)N2SC(N3CCCC3)=C(C#N)C2c2ccccc2)cc1. The molecule has 7 heteroatoms. The number of nitriles is 1. The fourth-order valence-electron chi connectivity index (χ4n) is 3.59. The number of hydrogen-bond donors (Lipinski definition) is 0. The van der Waals surface area contributed by atoms with Crippen LogP contribution in [0.25, 0.3) is 0 Å². The first-order chi connectivity index (χ1) is 13.5. The zero-order valence-electron chi connectivity index (χ0n) is 15.6. The lowest BCUT2D eigenvalue weighted by Gasteiger charge is -2.24. The lowest BCUT2D eigenvalue weighted by atomic mass is 10.0. The molecule has 2 heterocycles. The molecule has 2 aromatic rings. The van der Waals surface area contributed by atoms with E-state index in [4.69, 9.17) is 0 Å². The molecule has 1 saturated heterocycles. The van der Waals surface area contributed by atoms with Crippen LogP contribution < -0.4 is 0 Å². The molecule has 5 nitrogen and oxygen atoms in total. The van der Waals surface area contributed by atoms with E-state index in [9.17, 15) is 13.7 Å². The number of sulfonamides is 1. The van der Waals surface area contributed by atoms with Gasteiger partial charge in [0, 0.05) is 13.1 Å². The first-order valence-electron chi connectivity index (χ1n) is 9.25. The largest absolute Gasteiger partial charge is 0.364 e. The van der Waals surface area contributed by atoms with Gasteiger partial charge in [0.1, 0.15) is 5.03 Å². The molecule has 0 saturated carbocycles. The summed E-state index contributed by atoms with van der Waals surface area (Å²) in [4.78, 5) is 2.38. The topological polar surface area (TPSA) is 64.4 Å². The molecule has 1 fully saturated rings. The fraction of sp³-hybridized carbons (Fsp3) is 0.286. The van der Waals surface area contributed by atoms with E-state index in [2.05, 4.69) is 11.0 Å². The lowest BCUT2D eigenvalue weighted by molar-refractivity contribution is 0.453. The number of likely N-dealkylation sites (tertiary alicyclic amines) is 1. The Morgan fingerprint density at radius 3 is 2.29 bits per heavy atom. The number of hydrogen-bond acceptors (Lipinski definition) is 5. The molecule has 2 aliphatic heterocycles. The highest BCUT2D eigenvalue weighted by Gasteiger charge is 2.45. The predicted molar refractivity (Wildman–Crippen MR) is 110 cm³/mol. The molecule has 144 valence electrons. The van der Waals surface area contributed by atoms with E-state index >= 15 is 0 Å². The average molecular weight is 412 g/mol. The third-order valence-corrected chi connectivity index (χ3v) is 8.48. The minimum absolute atomic E-state index is 0.242. The zero-order chi connectivity index (χ0) is 19.7. The van der Waals surface area contributed by atoms with Gasteiger partial charge in [-0.05, 0) is 49.4 Å². The van der Waals surface area contributed by atoms with Crippen molar-refractivity contribution in [3.8, 4) is 6.07 Å². The predicted octanol–water partition coefficient (Wildman–Crippen LogP) is 4.22. The summed E-state index contributed by atoms with van der Waals surface area (Å²) in [6.45, 7) is 3.63. The van der Waals surface area contributed by atoms with Crippen LogP contribution in [0.2, 0.25) is 0 Å². The second-order valence-corrected chi connectivity index (χ2v) is 10.0. The molecule has 1 atom stereocenters. The summed E-state index contributed by atoms with van der Waals surface area (Å²) in [5.41, 5.74) is 2.31. The van der Waals surface area contributed by atoms with Crippen molar-refractivity contribution in [1.29, 1.82) is 5.26 Å². The Morgan fingerprint density at radius 1 is 1.04 bits per heavy atom. The van der Waals surface area contributed by atoms with E-state index in [1.807, 2.05) is 37.3 Å². The summed E-state index contributed by atoms with van der Waals surface area (Å²) in [6.07, 6.45) is 2.12. The minimum atomic E-state index is -3.78. The third kappa shape index (κ3) is 3.32. The molecule has 2 aromatic carbocycles. The Kier molecular flexibility index (Phi) is 5.19. The number of rotatable bonds is 4. The maximum Gasteiger partial charge on any atom is 0.253 e. The summed E-state index contributed by atoms with van der Waals surface area (Å²) >= 11 is 1.18. The molecule has 0 aromatic heterocycles. The summed E-state index contributed by atoms with van der Waals surface area (Å²) in [7, 11) is -3.78. The van der Waals surface area contributed by atoms with Crippen molar-refractivity contribution >= 4 is 22.0 Å². The van der Waals surface area contributed by atoms with E-state index in [-0.39, 0.29) is 4.90 Å². The second kappa shape index (κ2) is 7.63. The minimum Gasteiger partial charge on any atom is -0.364 e. The molecule has 0 radical (unpaired) electrons. The van der Waals surface area contributed by atoms with Crippen LogP contribution in [0.15, 0.2) is 70.1 Å². The van der Waals surface area contributed by atoms with Crippen LogP contribution >= 0.6 is 11.9 Å². The molecule has 1 unspecified atom stereocenters. The normalized spacial score (nSPS) is 20.6. The van der Waals surface area contributed by atoms with Gasteiger partial charge in [0.15, 0.2) is 0 Å². The first kappa shape index (κ1) is 19.1. The molecule has 4 rings (SSSR count). The molecule has 0 aliphatic carbocycles. The molecule has 0 spiro atoms. The van der Waals surface area contributed by atoms with Gasteiger partial charge >= 0.3 is 0 Å². The second-order valence-electron chi connectivity index (χ2n) is 7.00. The maximum absolute atomic E-state index is 13.5. The first-order valence-corrected chi connectivity index (χ1v) is 11.5. The Morgan fingerprint density at radius 2 is 1.68 bits per heavy atom. The maximum atomic E-state index is 13.5. The molecule has 0 bridgehead atoms. The summed E-state index contributed by atoms with van der Waals surface area (Å²) < 4.78 is 28.4. The van der Waals surface area contributed by atoms with E-state index in [1.54, 1.807) is 24.3 Å². The van der Waals surface area contributed by atoms with Gasteiger partial charge < -0.3 is 4.90 Å². The quantitative estimate of drug-likeness (QED) is 0.705. The molecule has 2 aliphatic rings. The average Bonchev–Trinajstić information content (AvgIpc) is 3.36. The van der Waals surface area contributed by atoms with Gasteiger partial charge in [-0.25, -0.2) is 8.42 Å². The van der Waals surface area contributed by atoms with E-state index < -0.39 is 16.1 Å². The fourth-order valence-corrected chi connectivity index (χ4v) is 6.70. The van der Waals surface area contributed by atoms with Crippen LogP contribution in [0.5, 0.6) is 0 Å². The highest BCUT2D eigenvalue weighted by atomic mass is 32.3. The molecule has 0 amide bonds. The van der Waals surface area contributed by atoms with Crippen molar-refractivity contribution in [2.24, 2.45) is 0 Å². The molecule has 28 heavy (non-hydrogen) atoms. The number of nitrogens with zero attached hydrogens (tertiary/aromatic N) is 3. The van der Waals surface area contributed by atoms with Crippen LogP contribution in [0.4, 0.5) is 0 Å². The van der Waals surface area contributed by atoms with Gasteiger partial charge in [-0.1, -0.05) is 48.0 Å². The Bertz CT molecular complexity index is 1040. The van der Waals surface area contributed by atoms with Crippen molar-refractivity contribution < 1.29 is 8.42 Å².